The van der Waals surface area contributed by atoms with Crippen LogP contribution in [-0.4, -0.2) is 31.8 Å². The van der Waals surface area contributed by atoms with Gasteiger partial charge in [-0.3, -0.25) is 9.59 Å². The Labute approximate surface area is 201 Å². The first-order chi connectivity index (χ1) is 15.8. The van der Waals surface area contributed by atoms with Gasteiger partial charge in [0.05, 0.1) is 4.90 Å². The van der Waals surface area contributed by atoms with Crippen LogP contribution in [0.15, 0.2) is 53.4 Å². The van der Waals surface area contributed by atoms with Crippen LogP contribution in [0.25, 0.3) is 0 Å². The first-order valence-electron chi connectivity index (χ1n) is 11.4. The number of aliphatic carboxylic acids is 1. The molecular weight excluding hydrogens is 462 g/mol. The van der Waals surface area contributed by atoms with E-state index in [0.29, 0.717) is 22.7 Å². The van der Waals surface area contributed by atoms with Crippen molar-refractivity contribution in [3.63, 3.8) is 0 Å². The number of carboxylic acids is 1. The Hall–Kier alpha value is -2.22. The van der Waals surface area contributed by atoms with Crippen molar-refractivity contribution in [2.24, 2.45) is 0 Å². The molecule has 180 valence electrons. The predicted octanol–water partition coefficient (Wildman–Crippen LogP) is 5.83. The number of ketones is 1. The number of carbonyl (C=O) groups is 2. The molecular formula is C25H32ClNO5S. The Morgan fingerprint density at radius 3 is 1.97 bits per heavy atom. The average molecular weight is 494 g/mol. The third-order valence-corrected chi connectivity index (χ3v) is 7.08. The molecule has 0 bridgehead atoms. The third-order valence-electron chi connectivity index (χ3n) is 5.37. The van der Waals surface area contributed by atoms with Gasteiger partial charge in [-0.15, -0.1) is 0 Å². The van der Waals surface area contributed by atoms with Gasteiger partial charge < -0.3 is 5.11 Å². The first-order valence-corrected chi connectivity index (χ1v) is 13.3. The van der Waals surface area contributed by atoms with Gasteiger partial charge in [0.2, 0.25) is 10.0 Å². The predicted molar refractivity (Wildman–Crippen MR) is 130 cm³/mol. The molecule has 0 saturated carbocycles. The highest BCUT2D eigenvalue weighted by Crippen LogP contribution is 2.17. The molecule has 0 aliphatic heterocycles. The van der Waals surface area contributed by atoms with E-state index >= 15 is 0 Å². The summed E-state index contributed by atoms with van der Waals surface area (Å²) < 4.78 is 27.8. The number of carbonyl (C=O) groups excluding carboxylic acids is 1. The van der Waals surface area contributed by atoms with Gasteiger partial charge in [-0.05, 0) is 49.2 Å². The van der Waals surface area contributed by atoms with Crippen LogP contribution in [0.4, 0.5) is 0 Å². The summed E-state index contributed by atoms with van der Waals surface area (Å²) in [4.78, 5) is 23.2. The minimum absolute atomic E-state index is 0.0743. The lowest BCUT2D eigenvalue weighted by Crippen LogP contribution is -2.25. The number of rotatable bonds is 16. The zero-order valence-electron chi connectivity index (χ0n) is 18.8. The quantitative estimate of drug-likeness (QED) is 0.226. The lowest BCUT2D eigenvalue weighted by atomic mass is 10.0. The van der Waals surface area contributed by atoms with Crippen LogP contribution in [0, 0.1) is 0 Å². The number of hydrogen-bond donors (Lipinski definition) is 2. The molecule has 6 nitrogen and oxygen atoms in total. The van der Waals surface area contributed by atoms with E-state index < -0.39 is 16.0 Å². The molecule has 0 radical (unpaired) electrons. The summed E-state index contributed by atoms with van der Waals surface area (Å²) in [5.41, 5.74) is 0.755. The van der Waals surface area contributed by atoms with Crippen molar-refractivity contribution in [2.75, 3.05) is 6.54 Å². The average Bonchev–Trinajstić information content (AvgIpc) is 2.79. The second-order valence-electron chi connectivity index (χ2n) is 8.09. The van der Waals surface area contributed by atoms with Crippen LogP contribution in [0.3, 0.4) is 0 Å². The molecule has 0 aliphatic rings. The van der Waals surface area contributed by atoms with Crippen LogP contribution >= 0.6 is 11.6 Å². The maximum absolute atomic E-state index is 12.6. The Bertz CT molecular complexity index is 1010. The van der Waals surface area contributed by atoms with E-state index in [9.17, 15) is 18.0 Å². The number of halogens is 1. The molecule has 0 saturated heterocycles. The Morgan fingerprint density at radius 1 is 0.788 bits per heavy atom. The van der Waals surface area contributed by atoms with Crippen LogP contribution in [0.2, 0.25) is 5.02 Å². The molecule has 2 aromatic carbocycles. The van der Waals surface area contributed by atoms with Crippen molar-refractivity contribution in [2.45, 2.75) is 69.1 Å². The molecule has 2 N–H and O–H groups in total. The summed E-state index contributed by atoms with van der Waals surface area (Å²) in [6.07, 6.45) is 9.07. The third kappa shape index (κ3) is 10.1. The molecule has 0 heterocycles. The zero-order valence-corrected chi connectivity index (χ0v) is 20.3. The highest BCUT2D eigenvalue weighted by Gasteiger charge is 2.16. The van der Waals surface area contributed by atoms with Gasteiger partial charge in [-0.1, -0.05) is 68.7 Å². The van der Waals surface area contributed by atoms with E-state index in [1.165, 1.54) is 12.1 Å². The van der Waals surface area contributed by atoms with E-state index in [1.54, 1.807) is 36.4 Å². The molecule has 0 unspecified atom stereocenters. The first kappa shape index (κ1) is 27.0. The van der Waals surface area contributed by atoms with Crippen LogP contribution < -0.4 is 4.72 Å². The van der Waals surface area contributed by atoms with Crippen molar-refractivity contribution in [1.29, 1.82) is 0 Å². The second kappa shape index (κ2) is 14.1. The summed E-state index contributed by atoms with van der Waals surface area (Å²) in [7, 11) is -3.69. The fraction of sp³-hybridized carbons (Fsp3) is 0.440. The SMILES string of the molecule is O=C(O)CCCCCCCCCCCNS(=O)(=O)c1cccc(C(=O)c2ccc(Cl)cc2)c1. The summed E-state index contributed by atoms with van der Waals surface area (Å²) >= 11 is 5.86. The Morgan fingerprint density at radius 2 is 1.36 bits per heavy atom. The highest BCUT2D eigenvalue weighted by atomic mass is 35.5. The molecule has 0 spiro atoms. The van der Waals surface area contributed by atoms with Gasteiger partial charge in [0.15, 0.2) is 5.78 Å². The normalized spacial score (nSPS) is 11.4. The van der Waals surface area contributed by atoms with Gasteiger partial charge in [-0.2, -0.15) is 0 Å². The lowest BCUT2D eigenvalue weighted by Gasteiger charge is -2.09. The molecule has 0 aliphatic carbocycles. The molecule has 33 heavy (non-hydrogen) atoms. The molecule has 0 amide bonds. The summed E-state index contributed by atoms with van der Waals surface area (Å²) in [5.74, 6) is -0.990. The Balaban J connectivity index is 1.69. The standard InChI is InChI=1S/C25H32ClNO5S/c26-22-16-14-20(15-17-22)25(30)21-11-10-12-23(19-21)33(31,32)27-18-9-7-5-3-1-2-4-6-8-13-24(28)29/h10-12,14-17,19,27H,1-9,13,18H2,(H,28,29). The number of sulfonamides is 1. The van der Waals surface area contributed by atoms with E-state index in [-0.39, 0.29) is 17.1 Å². The number of nitrogens with one attached hydrogen (secondary N) is 1. The largest absolute Gasteiger partial charge is 0.481 e. The number of carboxylic acid groups (broad SMARTS) is 1. The van der Waals surface area contributed by atoms with Crippen molar-refractivity contribution in [1.82, 2.24) is 4.72 Å². The molecule has 2 aromatic rings. The minimum atomic E-state index is -3.69. The second-order valence-corrected chi connectivity index (χ2v) is 10.3. The van der Waals surface area contributed by atoms with E-state index in [2.05, 4.69) is 4.72 Å². The molecule has 8 heteroatoms. The van der Waals surface area contributed by atoms with Crippen LogP contribution in [-0.2, 0) is 14.8 Å². The lowest BCUT2D eigenvalue weighted by molar-refractivity contribution is -0.137. The molecule has 0 fully saturated rings. The van der Waals surface area contributed by atoms with Crippen molar-refractivity contribution in [3.8, 4) is 0 Å². The zero-order chi connectivity index (χ0) is 24.1. The number of benzene rings is 2. The molecule has 0 atom stereocenters. The fourth-order valence-corrected chi connectivity index (χ4v) is 4.75. The van der Waals surface area contributed by atoms with E-state index in [4.69, 9.17) is 16.7 Å². The summed E-state index contributed by atoms with van der Waals surface area (Å²) in [6.45, 7) is 0.354. The Kier molecular flexibility index (Phi) is 11.6. The van der Waals surface area contributed by atoms with Gasteiger partial charge in [-0.25, -0.2) is 13.1 Å². The van der Waals surface area contributed by atoms with Gasteiger partial charge in [0, 0.05) is 29.1 Å². The molecule has 2 rings (SSSR count). The summed E-state index contributed by atoms with van der Waals surface area (Å²) in [5, 5.41) is 9.12. The van der Waals surface area contributed by atoms with Gasteiger partial charge >= 0.3 is 5.97 Å². The topological polar surface area (TPSA) is 101 Å². The smallest absolute Gasteiger partial charge is 0.303 e. The van der Waals surface area contributed by atoms with Crippen molar-refractivity contribution in [3.05, 3.63) is 64.7 Å². The fourth-order valence-electron chi connectivity index (χ4n) is 3.50. The van der Waals surface area contributed by atoms with Crippen molar-refractivity contribution >= 4 is 33.4 Å². The minimum Gasteiger partial charge on any atom is -0.481 e. The number of hydrogen-bond acceptors (Lipinski definition) is 4. The maximum Gasteiger partial charge on any atom is 0.303 e. The van der Waals surface area contributed by atoms with Gasteiger partial charge in [0.25, 0.3) is 0 Å². The van der Waals surface area contributed by atoms with Crippen LogP contribution in [0.5, 0.6) is 0 Å². The van der Waals surface area contributed by atoms with Crippen LogP contribution in [0.1, 0.15) is 80.1 Å². The number of unbranched alkanes of at least 4 members (excludes halogenated alkanes) is 8. The highest BCUT2D eigenvalue weighted by molar-refractivity contribution is 7.89. The maximum atomic E-state index is 12.6. The summed E-state index contributed by atoms with van der Waals surface area (Å²) in [6, 6.07) is 12.5. The van der Waals surface area contributed by atoms with Crippen molar-refractivity contribution < 1.29 is 23.1 Å². The van der Waals surface area contributed by atoms with E-state index in [0.717, 1.165) is 57.8 Å². The van der Waals surface area contributed by atoms with E-state index in [1.807, 2.05) is 0 Å². The van der Waals surface area contributed by atoms with Gasteiger partial charge in [0.1, 0.15) is 0 Å². The monoisotopic (exact) mass is 493 g/mol. The molecule has 0 aromatic heterocycles.